The van der Waals surface area contributed by atoms with Gasteiger partial charge >= 0.3 is 0 Å². The van der Waals surface area contributed by atoms with E-state index in [4.69, 9.17) is 11.6 Å². The van der Waals surface area contributed by atoms with Crippen molar-refractivity contribution in [2.45, 2.75) is 29.8 Å². The number of aromatic nitrogens is 2. The van der Waals surface area contributed by atoms with Crippen molar-refractivity contribution in [3.63, 3.8) is 0 Å². The van der Waals surface area contributed by atoms with Gasteiger partial charge in [-0.2, -0.15) is 0 Å². The first-order valence-corrected chi connectivity index (χ1v) is 10.5. The molecule has 0 unspecified atom stereocenters. The van der Waals surface area contributed by atoms with E-state index in [-0.39, 0.29) is 17.2 Å². The Morgan fingerprint density at radius 3 is 2.75 bits per heavy atom. The zero-order valence-electron chi connectivity index (χ0n) is 16.4. The maximum atomic E-state index is 12.7. The van der Waals surface area contributed by atoms with Crippen LogP contribution in [0.1, 0.15) is 17.7 Å². The van der Waals surface area contributed by atoms with Crippen LogP contribution in [0, 0.1) is 6.92 Å². The summed E-state index contributed by atoms with van der Waals surface area (Å²) >= 11 is 8.17. The Morgan fingerprint density at radius 2 is 2.07 bits per heavy atom. The van der Waals surface area contributed by atoms with E-state index in [1.807, 2.05) is 49.4 Å². The first-order chi connectivity index (χ1) is 13.4. The van der Waals surface area contributed by atoms with Gasteiger partial charge in [0.25, 0.3) is 0 Å². The largest absolute Gasteiger partial charge is 0.347 e. The molecule has 0 radical (unpaired) electrons. The normalized spacial score (nSPS) is 20.4. The molecule has 0 aliphatic carbocycles. The molecule has 2 atom stereocenters. The third kappa shape index (κ3) is 5.56. The summed E-state index contributed by atoms with van der Waals surface area (Å²) in [4.78, 5) is 25.4. The monoisotopic (exact) mass is 416 g/mol. The number of benzene rings is 1. The van der Waals surface area contributed by atoms with E-state index in [1.54, 1.807) is 37.0 Å². The number of carbonyl (C=O) groups is 1. The van der Waals surface area contributed by atoms with Crippen LogP contribution in [-0.2, 0) is 4.79 Å². The van der Waals surface area contributed by atoms with Crippen molar-refractivity contribution in [2.75, 3.05) is 27.2 Å². The molecular weight excluding hydrogens is 392 g/mol. The number of aryl methyl sites for hydroxylation is 1. The molecular formula is C21H25ClN4OS. The van der Waals surface area contributed by atoms with Crippen LogP contribution in [0.25, 0.3) is 6.08 Å². The summed E-state index contributed by atoms with van der Waals surface area (Å²) in [6.07, 6.45) is 4.50. The zero-order chi connectivity index (χ0) is 20.1. The summed E-state index contributed by atoms with van der Waals surface area (Å²) in [7, 11) is 3.60. The number of hydrogen-bond donors (Lipinski definition) is 0. The molecule has 1 amide bonds. The standard InChI is InChI=1S/C21H25ClN4OS/c1-15-9-10-23-21(24-15)28-18-12-19(20(27)25(2)3)26(14-18)13-17(22)11-16-7-5-4-6-8-16/h4-11,18-19H,12-14H2,1-3H3/t18-,19+/m1/s1. The molecule has 2 heterocycles. The molecule has 0 saturated carbocycles. The van der Waals surface area contributed by atoms with Crippen LogP contribution in [0.15, 0.2) is 52.8 Å². The zero-order valence-corrected chi connectivity index (χ0v) is 18.0. The first kappa shape index (κ1) is 20.8. The third-order valence-corrected chi connectivity index (χ3v) is 5.92. The van der Waals surface area contributed by atoms with E-state index in [0.717, 1.165) is 34.4 Å². The van der Waals surface area contributed by atoms with Gasteiger partial charge in [-0.3, -0.25) is 9.69 Å². The van der Waals surface area contributed by atoms with Crippen molar-refractivity contribution in [1.29, 1.82) is 0 Å². The highest BCUT2D eigenvalue weighted by Crippen LogP contribution is 2.32. The fourth-order valence-corrected chi connectivity index (χ4v) is 4.72. The molecule has 5 nitrogen and oxygen atoms in total. The van der Waals surface area contributed by atoms with E-state index in [2.05, 4.69) is 14.9 Å². The van der Waals surface area contributed by atoms with Gasteiger partial charge in [0.1, 0.15) is 0 Å². The highest BCUT2D eigenvalue weighted by molar-refractivity contribution is 7.99. The molecule has 1 fully saturated rings. The molecule has 1 aliphatic rings. The minimum absolute atomic E-state index is 0.109. The molecule has 0 spiro atoms. The molecule has 1 aromatic carbocycles. The summed E-state index contributed by atoms with van der Waals surface area (Å²) in [5, 5.41) is 1.73. The van der Waals surface area contributed by atoms with Gasteiger partial charge in [-0.15, -0.1) is 0 Å². The Hall–Kier alpha value is -1.89. The number of rotatable bonds is 6. The summed E-state index contributed by atoms with van der Waals surface area (Å²) in [5.74, 6) is 0.109. The average Bonchev–Trinajstić information content (AvgIpc) is 3.03. The quantitative estimate of drug-likeness (QED) is 0.672. The molecule has 28 heavy (non-hydrogen) atoms. The topological polar surface area (TPSA) is 49.3 Å². The Morgan fingerprint density at radius 1 is 1.32 bits per heavy atom. The Balaban J connectivity index is 1.73. The third-order valence-electron chi connectivity index (χ3n) is 4.61. The molecule has 1 saturated heterocycles. The summed E-state index contributed by atoms with van der Waals surface area (Å²) in [5.41, 5.74) is 2.00. The second-order valence-corrected chi connectivity index (χ2v) is 8.89. The first-order valence-electron chi connectivity index (χ1n) is 9.25. The van der Waals surface area contributed by atoms with Crippen molar-refractivity contribution in [2.24, 2.45) is 0 Å². The van der Waals surface area contributed by atoms with Gasteiger partial charge in [-0.05, 0) is 31.1 Å². The van der Waals surface area contributed by atoms with Crippen LogP contribution in [0.5, 0.6) is 0 Å². The lowest BCUT2D eigenvalue weighted by molar-refractivity contribution is -0.133. The predicted molar refractivity (Wildman–Crippen MR) is 115 cm³/mol. The summed E-state index contributed by atoms with van der Waals surface area (Å²) in [6.45, 7) is 3.27. The number of thioether (sulfide) groups is 1. The number of amides is 1. The van der Waals surface area contributed by atoms with Crippen LogP contribution in [0.4, 0.5) is 0 Å². The van der Waals surface area contributed by atoms with Gasteiger partial charge < -0.3 is 4.90 Å². The number of likely N-dealkylation sites (N-methyl/N-ethyl adjacent to an activating group) is 1. The number of hydrogen-bond acceptors (Lipinski definition) is 5. The Kier molecular flexibility index (Phi) is 7.10. The van der Waals surface area contributed by atoms with Crippen molar-refractivity contribution in [3.05, 3.63) is 58.9 Å². The number of halogens is 1. The van der Waals surface area contributed by atoms with Crippen molar-refractivity contribution < 1.29 is 4.79 Å². The Bertz CT molecular complexity index is 843. The molecule has 3 rings (SSSR count). The molecule has 7 heteroatoms. The predicted octanol–water partition coefficient (Wildman–Crippen LogP) is 3.69. The lowest BCUT2D eigenvalue weighted by atomic mass is 10.2. The fraction of sp³-hybridized carbons (Fsp3) is 0.381. The van der Waals surface area contributed by atoms with Crippen LogP contribution < -0.4 is 0 Å². The maximum Gasteiger partial charge on any atom is 0.239 e. The summed E-state index contributed by atoms with van der Waals surface area (Å²) in [6, 6.07) is 11.7. The van der Waals surface area contributed by atoms with Gasteiger partial charge in [0.05, 0.1) is 6.04 Å². The average molecular weight is 417 g/mol. The number of carbonyl (C=O) groups excluding carboxylic acids is 1. The summed E-state index contributed by atoms with van der Waals surface area (Å²) < 4.78 is 0. The second kappa shape index (κ2) is 9.54. The van der Waals surface area contributed by atoms with E-state index >= 15 is 0 Å². The van der Waals surface area contributed by atoms with Crippen molar-refractivity contribution in [3.8, 4) is 0 Å². The lowest BCUT2D eigenvalue weighted by Gasteiger charge is -2.25. The fourth-order valence-electron chi connectivity index (χ4n) is 3.28. The van der Waals surface area contributed by atoms with E-state index < -0.39 is 0 Å². The van der Waals surface area contributed by atoms with Gasteiger partial charge in [0, 0.05) is 49.4 Å². The number of nitrogens with zero attached hydrogens (tertiary/aromatic N) is 4. The van der Waals surface area contributed by atoms with Crippen LogP contribution in [0.3, 0.4) is 0 Å². The Labute approximate surface area is 175 Å². The minimum Gasteiger partial charge on any atom is -0.347 e. The lowest BCUT2D eigenvalue weighted by Crippen LogP contribution is -2.43. The molecule has 0 bridgehead atoms. The van der Waals surface area contributed by atoms with Crippen LogP contribution >= 0.6 is 23.4 Å². The van der Waals surface area contributed by atoms with Crippen molar-refractivity contribution in [1.82, 2.24) is 19.8 Å². The molecule has 1 aromatic heterocycles. The molecule has 1 aliphatic heterocycles. The van der Waals surface area contributed by atoms with E-state index in [9.17, 15) is 4.79 Å². The molecule has 0 N–H and O–H groups in total. The van der Waals surface area contributed by atoms with Gasteiger partial charge in [0.15, 0.2) is 5.16 Å². The molecule has 2 aromatic rings. The van der Waals surface area contributed by atoms with Crippen molar-refractivity contribution >= 4 is 35.3 Å². The SMILES string of the molecule is Cc1ccnc(S[C@@H]2C[C@@H](C(=O)N(C)C)N(CC(Cl)=Cc3ccccc3)C2)n1. The minimum atomic E-state index is -0.185. The van der Waals surface area contributed by atoms with E-state index in [1.165, 1.54) is 0 Å². The maximum absolute atomic E-state index is 12.7. The second-order valence-electron chi connectivity index (χ2n) is 7.14. The van der Waals surface area contributed by atoms with E-state index in [0.29, 0.717) is 6.54 Å². The van der Waals surface area contributed by atoms with Crippen LogP contribution in [-0.4, -0.2) is 64.2 Å². The highest BCUT2D eigenvalue weighted by atomic mass is 35.5. The highest BCUT2D eigenvalue weighted by Gasteiger charge is 2.38. The van der Waals surface area contributed by atoms with Gasteiger partial charge in [-0.25, -0.2) is 9.97 Å². The number of likely N-dealkylation sites (tertiary alicyclic amines) is 1. The van der Waals surface area contributed by atoms with Gasteiger partial charge in [0.2, 0.25) is 5.91 Å². The van der Waals surface area contributed by atoms with Crippen LogP contribution in [0.2, 0.25) is 0 Å². The van der Waals surface area contributed by atoms with Gasteiger partial charge in [-0.1, -0.05) is 53.7 Å². The molecule has 148 valence electrons. The smallest absolute Gasteiger partial charge is 0.239 e.